The summed E-state index contributed by atoms with van der Waals surface area (Å²) in [6.45, 7) is 4.32. The van der Waals surface area contributed by atoms with Gasteiger partial charge < -0.3 is 5.11 Å². The first-order valence-electron chi connectivity index (χ1n) is 5.90. The normalized spacial score (nSPS) is 31.5. The molecule has 82 valence electrons. The second kappa shape index (κ2) is 3.97. The Hall–Kier alpha value is -0.820. The second-order valence-electron chi connectivity index (χ2n) is 5.10. The van der Waals surface area contributed by atoms with Crippen molar-refractivity contribution in [3.63, 3.8) is 0 Å². The van der Waals surface area contributed by atoms with Crippen LogP contribution in [0, 0.1) is 12.8 Å². The number of aryl methyl sites for hydroxylation is 1. The highest BCUT2D eigenvalue weighted by atomic mass is 16.3. The van der Waals surface area contributed by atoms with Gasteiger partial charge in [-0.15, -0.1) is 0 Å². The largest absolute Gasteiger partial charge is 0.385 e. The van der Waals surface area contributed by atoms with E-state index in [1.807, 2.05) is 0 Å². The summed E-state index contributed by atoms with van der Waals surface area (Å²) >= 11 is 0. The van der Waals surface area contributed by atoms with Crippen LogP contribution in [0.3, 0.4) is 0 Å². The summed E-state index contributed by atoms with van der Waals surface area (Å²) in [6.07, 6.45) is 4.23. The molecule has 0 aromatic heterocycles. The smallest absolute Gasteiger partial charge is 0.0899 e. The Morgan fingerprint density at radius 3 is 2.53 bits per heavy atom. The zero-order valence-electron chi connectivity index (χ0n) is 9.66. The van der Waals surface area contributed by atoms with Crippen LogP contribution in [0.1, 0.15) is 43.7 Å². The van der Waals surface area contributed by atoms with E-state index in [1.54, 1.807) is 0 Å². The van der Waals surface area contributed by atoms with Crippen molar-refractivity contribution in [2.45, 2.75) is 45.1 Å². The van der Waals surface area contributed by atoms with E-state index in [0.29, 0.717) is 5.92 Å². The molecule has 0 bridgehead atoms. The fourth-order valence-electron chi connectivity index (χ4n) is 2.65. The Morgan fingerprint density at radius 1 is 1.27 bits per heavy atom. The van der Waals surface area contributed by atoms with Crippen molar-refractivity contribution in [2.75, 3.05) is 0 Å². The fourth-order valence-corrected chi connectivity index (χ4v) is 2.65. The molecule has 0 amide bonds. The summed E-state index contributed by atoms with van der Waals surface area (Å²) in [5.41, 5.74) is 1.79. The lowest BCUT2D eigenvalue weighted by Gasteiger charge is -2.36. The molecule has 0 heterocycles. The number of benzene rings is 1. The van der Waals surface area contributed by atoms with Crippen molar-refractivity contribution < 1.29 is 5.11 Å². The Labute approximate surface area is 92.1 Å². The molecule has 0 radical (unpaired) electrons. The molecule has 2 atom stereocenters. The van der Waals surface area contributed by atoms with Crippen LogP contribution in [-0.2, 0) is 5.60 Å². The summed E-state index contributed by atoms with van der Waals surface area (Å²) in [7, 11) is 0. The van der Waals surface area contributed by atoms with E-state index in [-0.39, 0.29) is 0 Å². The highest BCUT2D eigenvalue weighted by molar-refractivity contribution is 5.27. The van der Waals surface area contributed by atoms with E-state index >= 15 is 0 Å². The maximum absolute atomic E-state index is 10.6. The van der Waals surface area contributed by atoms with Crippen molar-refractivity contribution in [3.05, 3.63) is 35.4 Å². The number of hydrogen-bond acceptors (Lipinski definition) is 1. The second-order valence-corrected chi connectivity index (χ2v) is 5.10. The molecule has 1 fully saturated rings. The third-order valence-corrected chi connectivity index (χ3v) is 3.56. The van der Waals surface area contributed by atoms with Gasteiger partial charge in [0.05, 0.1) is 5.60 Å². The Bertz CT molecular complexity index is 328. The van der Waals surface area contributed by atoms with E-state index in [4.69, 9.17) is 0 Å². The molecule has 1 aliphatic carbocycles. The molecule has 0 unspecified atom stereocenters. The lowest BCUT2D eigenvalue weighted by atomic mass is 9.75. The number of hydrogen-bond donors (Lipinski definition) is 1. The first-order chi connectivity index (χ1) is 7.10. The van der Waals surface area contributed by atoms with Crippen LogP contribution in [0.5, 0.6) is 0 Å². The van der Waals surface area contributed by atoms with Crippen molar-refractivity contribution in [3.8, 4) is 0 Å². The van der Waals surface area contributed by atoms with Gasteiger partial charge in [0.15, 0.2) is 0 Å². The van der Waals surface area contributed by atoms with Crippen molar-refractivity contribution in [2.24, 2.45) is 5.92 Å². The Balaban J connectivity index is 2.24. The lowest BCUT2D eigenvalue weighted by Crippen LogP contribution is -2.31. The average Bonchev–Trinajstić information content (AvgIpc) is 2.18. The molecule has 1 aromatic rings. The van der Waals surface area contributed by atoms with Gasteiger partial charge in [0.1, 0.15) is 0 Å². The van der Waals surface area contributed by atoms with Gasteiger partial charge in [-0.2, -0.15) is 0 Å². The molecule has 1 nitrogen and oxygen atoms in total. The summed E-state index contributed by atoms with van der Waals surface area (Å²) in [4.78, 5) is 0. The molecule has 1 aliphatic rings. The Morgan fingerprint density at radius 2 is 1.93 bits per heavy atom. The highest BCUT2D eigenvalue weighted by Crippen LogP contribution is 2.39. The topological polar surface area (TPSA) is 20.2 Å². The van der Waals surface area contributed by atoms with Gasteiger partial charge in [0, 0.05) is 0 Å². The molecule has 0 spiro atoms. The van der Waals surface area contributed by atoms with Gasteiger partial charge in [0.2, 0.25) is 0 Å². The molecule has 1 aromatic carbocycles. The lowest BCUT2D eigenvalue weighted by molar-refractivity contribution is -0.0178. The molecule has 2 rings (SSSR count). The van der Waals surface area contributed by atoms with Gasteiger partial charge in [0.25, 0.3) is 0 Å². The SMILES string of the molecule is Cc1ccc([C@]2(O)CCC[C@H](C)C2)cc1. The zero-order valence-corrected chi connectivity index (χ0v) is 9.66. The van der Waals surface area contributed by atoms with Gasteiger partial charge in [-0.1, -0.05) is 43.2 Å². The minimum absolute atomic E-state index is 0.564. The molecule has 0 aliphatic heterocycles. The standard InChI is InChI=1S/C14H20O/c1-11-5-7-13(8-6-11)14(15)9-3-4-12(2)10-14/h5-8,12,15H,3-4,9-10H2,1-2H3/t12-,14-/m0/s1. The summed E-state index contributed by atoms with van der Waals surface area (Å²) < 4.78 is 0. The van der Waals surface area contributed by atoms with Gasteiger partial charge in [-0.25, -0.2) is 0 Å². The van der Waals surface area contributed by atoms with Crippen LogP contribution in [0.15, 0.2) is 24.3 Å². The van der Waals surface area contributed by atoms with Crippen LogP contribution < -0.4 is 0 Å². The van der Waals surface area contributed by atoms with Gasteiger partial charge >= 0.3 is 0 Å². The van der Waals surface area contributed by atoms with Crippen molar-refractivity contribution >= 4 is 0 Å². The summed E-state index contributed by atoms with van der Waals surface area (Å²) in [5.74, 6) is 0.644. The van der Waals surface area contributed by atoms with Crippen LogP contribution in [0.2, 0.25) is 0 Å². The average molecular weight is 204 g/mol. The Kier molecular flexibility index (Phi) is 2.83. The van der Waals surface area contributed by atoms with Gasteiger partial charge in [-0.3, -0.25) is 0 Å². The number of rotatable bonds is 1. The third-order valence-electron chi connectivity index (χ3n) is 3.56. The van der Waals surface area contributed by atoms with Crippen molar-refractivity contribution in [1.29, 1.82) is 0 Å². The van der Waals surface area contributed by atoms with Gasteiger partial charge in [-0.05, 0) is 37.7 Å². The fraction of sp³-hybridized carbons (Fsp3) is 0.571. The molecule has 0 saturated heterocycles. The highest BCUT2D eigenvalue weighted by Gasteiger charge is 2.33. The quantitative estimate of drug-likeness (QED) is 0.743. The number of aliphatic hydroxyl groups is 1. The maximum Gasteiger partial charge on any atom is 0.0899 e. The van der Waals surface area contributed by atoms with Crippen molar-refractivity contribution in [1.82, 2.24) is 0 Å². The monoisotopic (exact) mass is 204 g/mol. The summed E-state index contributed by atoms with van der Waals surface area (Å²) in [5, 5.41) is 10.6. The zero-order chi connectivity index (χ0) is 10.9. The van der Waals surface area contributed by atoms with E-state index in [2.05, 4.69) is 38.1 Å². The first kappa shape index (κ1) is 10.7. The molecule has 1 heteroatoms. The molecule has 1 N–H and O–H groups in total. The van der Waals surface area contributed by atoms with E-state index in [9.17, 15) is 5.11 Å². The minimum atomic E-state index is -0.564. The molecular formula is C14H20O. The van der Waals surface area contributed by atoms with Crippen LogP contribution >= 0.6 is 0 Å². The predicted octanol–water partition coefficient (Wildman–Crippen LogP) is 3.39. The summed E-state index contributed by atoms with van der Waals surface area (Å²) in [6, 6.07) is 8.33. The van der Waals surface area contributed by atoms with E-state index < -0.39 is 5.60 Å². The first-order valence-corrected chi connectivity index (χ1v) is 5.90. The minimum Gasteiger partial charge on any atom is -0.385 e. The van der Waals surface area contributed by atoms with E-state index in [1.165, 1.54) is 12.0 Å². The molecule has 15 heavy (non-hydrogen) atoms. The molecule has 1 saturated carbocycles. The van der Waals surface area contributed by atoms with Crippen LogP contribution in [0.25, 0.3) is 0 Å². The predicted molar refractivity (Wildman–Crippen MR) is 62.7 cm³/mol. The maximum atomic E-state index is 10.6. The third kappa shape index (κ3) is 2.23. The van der Waals surface area contributed by atoms with Crippen LogP contribution in [0.4, 0.5) is 0 Å². The molecular weight excluding hydrogens is 184 g/mol. The van der Waals surface area contributed by atoms with E-state index in [0.717, 1.165) is 24.8 Å². The van der Waals surface area contributed by atoms with Crippen LogP contribution in [-0.4, -0.2) is 5.11 Å².